The highest BCUT2D eigenvalue weighted by Crippen LogP contribution is 2.38. The minimum atomic E-state index is -0.00518. The monoisotopic (exact) mass is 468 g/mol. The van der Waals surface area contributed by atoms with Gasteiger partial charge in [-0.1, -0.05) is 59.8 Å². The highest BCUT2D eigenvalue weighted by molar-refractivity contribution is 7.98. The molecular formula is C27H24N4O2S. The normalized spacial score (nSPS) is 13.6. The predicted molar refractivity (Wildman–Crippen MR) is 135 cm³/mol. The Morgan fingerprint density at radius 2 is 1.79 bits per heavy atom. The number of nitrogens with zero attached hydrogens (tertiary/aromatic N) is 3. The summed E-state index contributed by atoms with van der Waals surface area (Å²) < 4.78 is 7.81. The van der Waals surface area contributed by atoms with Crippen molar-refractivity contribution in [1.82, 2.24) is 19.5 Å². The van der Waals surface area contributed by atoms with E-state index in [4.69, 9.17) is 14.4 Å². The van der Waals surface area contributed by atoms with Gasteiger partial charge in [0.25, 0.3) is 5.56 Å². The van der Waals surface area contributed by atoms with E-state index in [9.17, 15) is 4.79 Å². The van der Waals surface area contributed by atoms with E-state index in [0.717, 1.165) is 46.1 Å². The van der Waals surface area contributed by atoms with Gasteiger partial charge in [0.1, 0.15) is 16.8 Å². The van der Waals surface area contributed by atoms with Crippen LogP contribution in [0.4, 0.5) is 0 Å². The Balaban J connectivity index is 1.36. The minimum Gasteiger partial charge on any atom is -0.441 e. The highest BCUT2D eigenvalue weighted by Gasteiger charge is 2.30. The van der Waals surface area contributed by atoms with Gasteiger partial charge in [-0.2, -0.15) is 0 Å². The Hall–Kier alpha value is -3.58. The quantitative estimate of drug-likeness (QED) is 0.234. The standard InChI is InChI=1S/C27H24N4O2S/c1-16-8-10-19(11-9-16)25-29-22(17(2)33-25)15-34-27-30-23-21(18-6-4-3-5-7-18)14-28-24(23)26(32)31(27)20-12-13-20/h3-11,14,20,28H,12-13,15H2,1-2H3. The largest absolute Gasteiger partial charge is 0.441 e. The zero-order valence-corrected chi connectivity index (χ0v) is 19.9. The van der Waals surface area contributed by atoms with E-state index in [0.29, 0.717) is 22.7 Å². The van der Waals surface area contributed by atoms with Gasteiger partial charge in [0.2, 0.25) is 5.89 Å². The Labute approximate surface area is 201 Å². The van der Waals surface area contributed by atoms with Crippen LogP contribution in [0.25, 0.3) is 33.6 Å². The van der Waals surface area contributed by atoms with Crippen molar-refractivity contribution in [3.05, 3.63) is 88.2 Å². The Morgan fingerprint density at radius 3 is 2.53 bits per heavy atom. The smallest absolute Gasteiger partial charge is 0.278 e. The molecule has 0 saturated heterocycles. The molecule has 0 amide bonds. The zero-order chi connectivity index (χ0) is 23.2. The first-order valence-corrected chi connectivity index (χ1v) is 12.4. The molecule has 1 aliphatic rings. The van der Waals surface area contributed by atoms with Crippen molar-refractivity contribution < 1.29 is 4.42 Å². The van der Waals surface area contributed by atoms with Gasteiger partial charge in [-0.25, -0.2) is 9.97 Å². The molecule has 0 atom stereocenters. The molecular weight excluding hydrogens is 444 g/mol. The summed E-state index contributed by atoms with van der Waals surface area (Å²) in [5.74, 6) is 1.99. The Morgan fingerprint density at radius 1 is 1.03 bits per heavy atom. The van der Waals surface area contributed by atoms with Gasteiger partial charge < -0.3 is 9.40 Å². The summed E-state index contributed by atoms with van der Waals surface area (Å²) in [5, 5.41) is 0.732. The van der Waals surface area contributed by atoms with Gasteiger partial charge >= 0.3 is 0 Å². The molecule has 6 rings (SSSR count). The molecule has 0 spiro atoms. The molecule has 0 radical (unpaired) electrons. The molecule has 1 saturated carbocycles. The molecule has 34 heavy (non-hydrogen) atoms. The minimum absolute atomic E-state index is 0.00518. The number of hydrogen-bond acceptors (Lipinski definition) is 5. The summed E-state index contributed by atoms with van der Waals surface area (Å²) in [6.07, 6.45) is 3.90. The van der Waals surface area contributed by atoms with Gasteiger partial charge in [-0.15, -0.1) is 0 Å². The van der Waals surface area contributed by atoms with E-state index < -0.39 is 0 Å². The number of aryl methyl sites for hydroxylation is 2. The fourth-order valence-electron chi connectivity index (χ4n) is 4.16. The van der Waals surface area contributed by atoms with Gasteiger partial charge in [-0.3, -0.25) is 9.36 Å². The fourth-order valence-corrected chi connectivity index (χ4v) is 5.22. The average molecular weight is 469 g/mol. The lowest BCUT2D eigenvalue weighted by Crippen LogP contribution is -2.22. The molecule has 1 N–H and O–H groups in total. The maximum atomic E-state index is 13.4. The zero-order valence-electron chi connectivity index (χ0n) is 19.0. The fraction of sp³-hybridized carbons (Fsp3) is 0.222. The maximum Gasteiger partial charge on any atom is 0.278 e. The van der Waals surface area contributed by atoms with E-state index in [1.54, 1.807) is 11.8 Å². The number of fused-ring (bicyclic) bond motifs is 1. The van der Waals surface area contributed by atoms with Crippen molar-refractivity contribution in [3.63, 3.8) is 0 Å². The van der Waals surface area contributed by atoms with Gasteiger partial charge in [-0.05, 0) is 44.4 Å². The molecule has 1 aliphatic carbocycles. The van der Waals surface area contributed by atoms with Crippen LogP contribution in [-0.4, -0.2) is 19.5 Å². The van der Waals surface area contributed by atoms with E-state index in [1.165, 1.54) is 5.56 Å². The van der Waals surface area contributed by atoms with Crippen molar-refractivity contribution in [3.8, 4) is 22.6 Å². The number of H-pyrrole nitrogens is 1. The van der Waals surface area contributed by atoms with Gasteiger partial charge in [0.15, 0.2) is 5.16 Å². The third kappa shape index (κ3) is 3.76. The van der Waals surface area contributed by atoms with Crippen LogP contribution < -0.4 is 5.56 Å². The number of aromatic amines is 1. The van der Waals surface area contributed by atoms with Crippen molar-refractivity contribution in [2.75, 3.05) is 0 Å². The van der Waals surface area contributed by atoms with E-state index in [-0.39, 0.29) is 11.6 Å². The van der Waals surface area contributed by atoms with Crippen LogP contribution >= 0.6 is 11.8 Å². The summed E-state index contributed by atoms with van der Waals surface area (Å²) in [7, 11) is 0. The lowest BCUT2D eigenvalue weighted by atomic mass is 10.1. The molecule has 5 aromatic rings. The molecule has 2 aromatic carbocycles. The second-order valence-electron chi connectivity index (χ2n) is 8.77. The average Bonchev–Trinajstić information content (AvgIpc) is 3.48. The number of hydrogen-bond donors (Lipinski definition) is 1. The highest BCUT2D eigenvalue weighted by atomic mass is 32.2. The molecule has 3 heterocycles. The molecule has 0 bridgehead atoms. The third-order valence-corrected chi connectivity index (χ3v) is 7.19. The van der Waals surface area contributed by atoms with Crippen molar-refractivity contribution in [2.24, 2.45) is 0 Å². The number of aromatic nitrogens is 4. The second kappa shape index (κ2) is 8.33. The lowest BCUT2D eigenvalue weighted by Gasteiger charge is -2.11. The SMILES string of the molecule is Cc1ccc(-c2nc(CSc3nc4c(-c5ccccc5)c[nH]c4c(=O)n3C3CC3)c(C)o2)cc1. The van der Waals surface area contributed by atoms with Gasteiger partial charge in [0.05, 0.1) is 5.69 Å². The summed E-state index contributed by atoms with van der Waals surface area (Å²) in [4.78, 5) is 26.3. The van der Waals surface area contributed by atoms with E-state index in [1.807, 2.05) is 60.2 Å². The number of benzene rings is 2. The van der Waals surface area contributed by atoms with Crippen molar-refractivity contribution in [2.45, 2.75) is 43.6 Å². The summed E-state index contributed by atoms with van der Waals surface area (Å²) in [6.45, 7) is 3.99. The number of rotatable bonds is 6. The lowest BCUT2D eigenvalue weighted by molar-refractivity contribution is 0.540. The topological polar surface area (TPSA) is 76.7 Å². The van der Waals surface area contributed by atoms with Crippen LogP contribution in [-0.2, 0) is 5.75 Å². The van der Waals surface area contributed by atoms with Crippen LogP contribution in [0.15, 0.2) is 75.2 Å². The number of thioether (sulfide) groups is 1. The molecule has 0 unspecified atom stereocenters. The first-order chi connectivity index (χ1) is 16.6. The Kier molecular flexibility index (Phi) is 5.14. The van der Waals surface area contributed by atoms with Crippen LogP contribution in [0.3, 0.4) is 0 Å². The molecule has 3 aromatic heterocycles. The first kappa shape index (κ1) is 21.0. The Bertz CT molecular complexity index is 1540. The van der Waals surface area contributed by atoms with Crippen LogP contribution in [0, 0.1) is 13.8 Å². The first-order valence-electron chi connectivity index (χ1n) is 11.4. The molecule has 0 aliphatic heterocycles. The van der Waals surface area contributed by atoms with Crippen LogP contribution in [0.2, 0.25) is 0 Å². The summed E-state index contributed by atoms with van der Waals surface area (Å²) >= 11 is 1.55. The predicted octanol–water partition coefficient (Wildman–Crippen LogP) is 6.29. The third-order valence-electron chi connectivity index (χ3n) is 6.22. The second-order valence-corrected chi connectivity index (χ2v) is 9.71. The summed E-state index contributed by atoms with van der Waals surface area (Å²) in [5.41, 5.74) is 6.28. The maximum absolute atomic E-state index is 13.4. The molecule has 6 nitrogen and oxygen atoms in total. The molecule has 170 valence electrons. The van der Waals surface area contributed by atoms with E-state index in [2.05, 4.69) is 24.0 Å². The van der Waals surface area contributed by atoms with Crippen LogP contribution in [0.1, 0.15) is 35.9 Å². The number of oxazole rings is 1. The van der Waals surface area contributed by atoms with E-state index >= 15 is 0 Å². The van der Waals surface area contributed by atoms with Gasteiger partial charge in [0, 0.05) is 29.1 Å². The van der Waals surface area contributed by atoms with Crippen molar-refractivity contribution >= 4 is 22.8 Å². The van der Waals surface area contributed by atoms with Crippen LogP contribution in [0.5, 0.6) is 0 Å². The molecule has 1 fully saturated rings. The molecule has 7 heteroatoms. The van der Waals surface area contributed by atoms with Crippen molar-refractivity contribution in [1.29, 1.82) is 0 Å². The summed E-state index contributed by atoms with van der Waals surface area (Å²) in [6, 6.07) is 18.4. The number of nitrogens with one attached hydrogen (secondary N) is 1.